The maximum absolute atomic E-state index is 12.7. The second-order valence-corrected chi connectivity index (χ2v) is 8.46. The zero-order valence-electron chi connectivity index (χ0n) is 13.6. The van der Waals surface area contributed by atoms with Gasteiger partial charge in [0.15, 0.2) is 0 Å². The molecule has 0 aliphatic heterocycles. The molecule has 3 rings (SSSR count). The number of thiazole rings is 1. The Kier molecular flexibility index (Phi) is 4.33. The molecule has 0 unspecified atom stereocenters. The molecule has 0 bridgehead atoms. The molecule has 2 aromatic carbocycles. The van der Waals surface area contributed by atoms with Crippen molar-refractivity contribution in [1.82, 2.24) is 9.29 Å². The number of sulfonamides is 1. The Morgan fingerprint density at radius 1 is 1.17 bits per heavy atom. The number of benzene rings is 2. The summed E-state index contributed by atoms with van der Waals surface area (Å²) in [5.74, 6) is 0. The van der Waals surface area contributed by atoms with Gasteiger partial charge in [-0.05, 0) is 43.2 Å². The maximum atomic E-state index is 12.7. The van der Waals surface area contributed by atoms with Crippen LogP contribution in [0.4, 0.5) is 0 Å². The minimum absolute atomic E-state index is 0.110. The van der Waals surface area contributed by atoms with Gasteiger partial charge in [0.05, 0.1) is 15.1 Å². The van der Waals surface area contributed by atoms with Gasteiger partial charge in [-0.15, -0.1) is 0 Å². The van der Waals surface area contributed by atoms with Gasteiger partial charge in [0.1, 0.15) is 0 Å². The van der Waals surface area contributed by atoms with Gasteiger partial charge in [-0.3, -0.25) is 4.79 Å². The number of hydrogen-bond donors (Lipinski definition) is 1. The van der Waals surface area contributed by atoms with E-state index in [9.17, 15) is 13.2 Å². The van der Waals surface area contributed by atoms with E-state index in [1.165, 1.54) is 10.6 Å². The number of nitrogens with one attached hydrogen (secondary N) is 1. The molecule has 126 valence electrons. The topological polar surface area (TPSA) is 68.2 Å². The van der Waals surface area contributed by atoms with Crippen LogP contribution in [0, 0.1) is 6.92 Å². The highest BCUT2D eigenvalue weighted by molar-refractivity contribution is 7.89. The molecule has 1 N–H and O–H groups in total. The van der Waals surface area contributed by atoms with Gasteiger partial charge in [0, 0.05) is 13.1 Å². The van der Waals surface area contributed by atoms with Crippen LogP contribution in [0.15, 0.2) is 52.2 Å². The van der Waals surface area contributed by atoms with E-state index in [2.05, 4.69) is 4.72 Å². The van der Waals surface area contributed by atoms with Gasteiger partial charge in [-0.2, -0.15) is 0 Å². The van der Waals surface area contributed by atoms with Crippen LogP contribution in [0.1, 0.15) is 24.1 Å². The van der Waals surface area contributed by atoms with E-state index in [0.29, 0.717) is 4.70 Å². The number of hydrogen-bond acceptors (Lipinski definition) is 4. The highest BCUT2D eigenvalue weighted by Gasteiger charge is 2.20. The lowest BCUT2D eigenvalue weighted by molar-refractivity contribution is 0.566. The molecule has 24 heavy (non-hydrogen) atoms. The van der Waals surface area contributed by atoms with Crippen molar-refractivity contribution < 1.29 is 8.42 Å². The van der Waals surface area contributed by atoms with Crippen LogP contribution >= 0.6 is 11.3 Å². The average molecular weight is 362 g/mol. The van der Waals surface area contributed by atoms with Crippen LogP contribution in [0.3, 0.4) is 0 Å². The first kappa shape index (κ1) is 16.9. The Hall–Kier alpha value is -1.96. The summed E-state index contributed by atoms with van der Waals surface area (Å²) < 4.78 is 30.2. The zero-order chi connectivity index (χ0) is 17.5. The highest BCUT2D eigenvalue weighted by Crippen LogP contribution is 2.23. The standard InChI is InChI=1S/C17H18N2O3S2/c1-11-6-4-5-7-14(11)12(2)18-24(21,22)13-8-9-15-16(10-13)23-17(20)19(15)3/h4-10,12,18H,1-3H3/t12-/m1/s1. The second-order valence-electron chi connectivity index (χ2n) is 5.76. The van der Waals surface area contributed by atoms with Crippen molar-refractivity contribution in [3.05, 3.63) is 63.3 Å². The third kappa shape index (κ3) is 3.02. The van der Waals surface area contributed by atoms with Crippen molar-refractivity contribution in [2.45, 2.75) is 24.8 Å². The second kappa shape index (κ2) is 6.16. The number of aryl methyl sites for hydroxylation is 2. The van der Waals surface area contributed by atoms with Gasteiger partial charge in [0.25, 0.3) is 0 Å². The molecule has 0 saturated carbocycles. The summed E-state index contributed by atoms with van der Waals surface area (Å²) in [6.07, 6.45) is 0. The largest absolute Gasteiger partial charge is 0.307 e. The molecule has 0 fully saturated rings. The first-order chi connectivity index (χ1) is 11.3. The van der Waals surface area contributed by atoms with E-state index >= 15 is 0 Å². The predicted octanol–water partition coefficient (Wildman–Crippen LogP) is 2.95. The molecule has 3 aromatic rings. The maximum Gasteiger partial charge on any atom is 0.307 e. The molecule has 0 amide bonds. The Morgan fingerprint density at radius 2 is 1.88 bits per heavy atom. The van der Waals surface area contributed by atoms with E-state index < -0.39 is 10.0 Å². The van der Waals surface area contributed by atoms with Gasteiger partial charge >= 0.3 is 4.87 Å². The molecule has 0 saturated heterocycles. The smallest absolute Gasteiger partial charge is 0.302 e. The molecule has 0 aliphatic carbocycles. The summed E-state index contributed by atoms with van der Waals surface area (Å²) in [6.45, 7) is 3.77. The molecular weight excluding hydrogens is 344 g/mol. The van der Waals surface area contributed by atoms with Crippen molar-refractivity contribution in [1.29, 1.82) is 0 Å². The molecule has 7 heteroatoms. The van der Waals surface area contributed by atoms with Crippen molar-refractivity contribution in [2.75, 3.05) is 0 Å². The number of rotatable bonds is 4. The number of fused-ring (bicyclic) bond motifs is 1. The fourth-order valence-corrected chi connectivity index (χ4v) is 4.96. The fraction of sp³-hybridized carbons (Fsp3) is 0.235. The fourth-order valence-electron chi connectivity index (χ4n) is 2.72. The number of aromatic nitrogens is 1. The van der Waals surface area contributed by atoms with E-state index in [1.807, 2.05) is 38.1 Å². The van der Waals surface area contributed by atoms with E-state index in [4.69, 9.17) is 0 Å². The Bertz CT molecular complexity index is 1060. The van der Waals surface area contributed by atoms with Crippen LogP contribution in [0.2, 0.25) is 0 Å². The third-order valence-electron chi connectivity index (χ3n) is 4.06. The minimum atomic E-state index is -3.67. The summed E-state index contributed by atoms with van der Waals surface area (Å²) >= 11 is 1.04. The summed E-state index contributed by atoms with van der Waals surface area (Å²) in [4.78, 5) is 11.8. The van der Waals surface area contributed by atoms with Crippen molar-refractivity contribution in [2.24, 2.45) is 7.05 Å². The summed E-state index contributed by atoms with van der Waals surface area (Å²) in [7, 11) is -2.00. The van der Waals surface area contributed by atoms with E-state index in [1.54, 1.807) is 19.2 Å². The average Bonchev–Trinajstić information content (AvgIpc) is 2.81. The molecule has 0 aliphatic rings. The highest BCUT2D eigenvalue weighted by atomic mass is 32.2. The van der Waals surface area contributed by atoms with E-state index in [-0.39, 0.29) is 15.8 Å². The van der Waals surface area contributed by atoms with Crippen molar-refractivity contribution in [3.63, 3.8) is 0 Å². The summed E-state index contributed by atoms with van der Waals surface area (Å²) in [6, 6.07) is 12.1. The van der Waals surface area contributed by atoms with E-state index in [0.717, 1.165) is 28.0 Å². The molecule has 0 radical (unpaired) electrons. The lowest BCUT2D eigenvalue weighted by Crippen LogP contribution is -2.27. The Labute approximate surface area is 144 Å². The van der Waals surface area contributed by atoms with Crippen molar-refractivity contribution in [3.8, 4) is 0 Å². The van der Waals surface area contributed by atoms with Crippen molar-refractivity contribution >= 4 is 31.6 Å². The first-order valence-electron chi connectivity index (χ1n) is 7.47. The van der Waals surface area contributed by atoms with Gasteiger partial charge in [0.2, 0.25) is 10.0 Å². The van der Waals surface area contributed by atoms with Crippen LogP contribution in [0.5, 0.6) is 0 Å². The molecular formula is C17H18N2O3S2. The van der Waals surface area contributed by atoms with Gasteiger partial charge in [-0.1, -0.05) is 35.6 Å². The molecule has 5 nitrogen and oxygen atoms in total. The van der Waals surface area contributed by atoms with Crippen LogP contribution in [-0.2, 0) is 17.1 Å². The Morgan fingerprint density at radius 3 is 2.58 bits per heavy atom. The monoisotopic (exact) mass is 362 g/mol. The molecule has 1 atom stereocenters. The normalized spacial score (nSPS) is 13.3. The first-order valence-corrected chi connectivity index (χ1v) is 9.77. The third-order valence-corrected chi connectivity index (χ3v) is 6.59. The quantitative estimate of drug-likeness (QED) is 0.776. The molecule has 1 heterocycles. The lowest BCUT2D eigenvalue weighted by Gasteiger charge is -2.16. The van der Waals surface area contributed by atoms with Crippen LogP contribution < -0.4 is 9.60 Å². The SMILES string of the molecule is Cc1ccccc1[C@@H](C)NS(=O)(=O)c1ccc2c(c1)sc(=O)n2C. The number of nitrogens with zero attached hydrogens (tertiary/aromatic N) is 1. The van der Waals surface area contributed by atoms with Crippen LogP contribution in [0.25, 0.3) is 10.2 Å². The Balaban J connectivity index is 1.96. The summed E-state index contributed by atoms with van der Waals surface area (Å²) in [5, 5.41) is 0. The predicted molar refractivity (Wildman–Crippen MR) is 97.0 cm³/mol. The minimum Gasteiger partial charge on any atom is -0.302 e. The zero-order valence-corrected chi connectivity index (χ0v) is 15.2. The molecule has 1 aromatic heterocycles. The lowest BCUT2D eigenvalue weighted by atomic mass is 10.0. The van der Waals surface area contributed by atoms with Crippen LogP contribution in [-0.4, -0.2) is 13.0 Å². The van der Waals surface area contributed by atoms with Gasteiger partial charge < -0.3 is 4.57 Å². The van der Waals surface area contributed by atoms with Gasteiger partial charge in [-0.25, -0.2) is 13.1 Å². The summed E-state index contributed by atoms with van der Waals surface area (Å²) in [5.41, 5.74) is 2.70. The molecule has 0 spiro atoms.